The van der Waals surface area contributed by atoms with Gasteiger partial charge in [0.15, 0.2) is 6.10 Å². The van der Waals surface area contributed by atoms with Crippen molar-refractivity contribution in [3.8, 4) is 12.3 Å². The molecule has 0 saturated carbocycles. The molecule has 0 aromatic heterocycles. The number of carbonyl (C=O) groups is 1. The molecule has 1 aliphatic heterocycles. The van der Waals surface area contributed by atoms with Crippen LogP contribution in [-0.4, -0.2) is 12.1 Å². The molecular formula is C9H12O2. The predicted octanol–water partition coefficient (Wildman–Crippen LogP) is 1.35. The number of esters is 1. The number of cyclic esters (lactones) is 1. The van der Waals surface area contributed by atoms with E-state index < -0.39 is 0 Å². The minimum Gasteiger partial charge on any atom is -0.449 e. The van der Waals surface area contributed by atoms with Crippen molar-refractivity contribution in [1.82, 2.24) is 0 Å². The van der Waals surface area contributed by atoms with E-state index >= 15 is 0 Å². The van der Waals surface area contributed by atoms with Crippen molar-refractivity contribution < 1.29 is 9.53 Å². The Labute approximate surface area is 66.9 Å². The number of hydrogen-bond acceptors (Lipinski definition) is 2. The first-order valence-corrected chi connectivity index (χ1v) is 3.72. The van der Waals surface area contributed by atoms with E-state index in [0.717, 1.165) is 6.42 Å². The van der Waals surface area contributed by atoms with Gasteiger partial charge in [-0.25, -0.2) is 0 Å². The first-order valence-electron chi connectivity index (χ1n) is 3.72. The quantitative estimate of drug-likeness (QED) is 0.387. The van der Waals surface area contributed by atoms with Gasteiger partial charge in [-0.3, -0.25) is 4.79 Å². The van der Waals surface area contributed by atoms with Gasteiger partial charge in [0.05, 0.1) is 0 Å². The SMILES string of the molecule is C#CC1OC(=O)CCC1(C)C. The van der Waals surface area contributed by atoms with Gasteiger partial charge in [0.25, 0.3) is 0 Å². The van der Waals surface area contributed by atoms with E-state index in [1.54, 1.807) is 0 Å². The van der Waals surface area contributed by atoms with Crippen molar-refractivity contribution in [2.24, 2.45) is 5.41 Å². The van der Waals surface area contributed by atoms with Crippen LogP contribution in [0, 0.1) is 17.8 Å². The maximum Gasteiger partial charge on any atom is 0.307 e. The van der Waals surface area contributed by atoms with Gasteiger partial charge in [0, 0.05) is 11.8 Å². The summed E-state index contributed by atoms with van der Waals surface area (Å²) in [6.45, 7) is 4.04. The predicted molar refractivity (Wildman–Crippen MR) is 41.7 cm³/mol. The molecule has 1 heterocycles. The Hall–Kier alpha value is -0.970. The molecule has 2 nitrogen and oxygen atoms in total. The zero-order valence-electron chi connectivity index (χ0n) is 6.89. The van der Waals surface area contributed by atoms with Gasteiger partial charge in [-0.15, -0.1) is 6.42 Å². The highest BCUT2D eigenvalue weighted by molar-refractivity contribution is 5.71. The highest BCUT2D eigenvalue weighted by atomic mass is 16.5. The fourth-order valence-electron chi connectivity index (χ4n) is 1.16. The third-order valence-corrected chi connectivity index (χ3v) is 2.08. The van der Waals surface area contributed by atoms with E-state index in [4.69, 9.17) is 11.2 Å². The van der Waals surface area contributed by atoms with Crippen LogP contribution >= 0.6 is 0 Å². The monoisotopic (exact) mass is 152 g/mol. The summed E-state index contributed by atoms with van der Waals surface area (Å²) in [5.41, 5.74) is -0.0529. The van der Waals surface area contributed by atoms with Gasteiger partial charge in [0.1, 0.15) is 0 Å². The lowest BCUT2D eigenvalue weighted by Crippen LogP contribution is -2.37. The summed E-state index contributed by atoms with van der Waals surface area (Å²) >= 11 is 0. The van der Waals surface area contributed by atoms with Crippen LogP contribution in [0.2, 0.25) is 0 Å². The average Bonchev–Trinajstić information content (AvgIpc) is 1.94. The van der Waals surface area contributed by atoms with Gasteiger partial charge < -0.3 is 4.74 Å². The van der Waals surface area contributed by atoms with Gasteiger partial charge in [-0.1, -0.05) is 19.8 Å². The van der Waals surface area contributed by atoms with Gasteiger partial charge in [-0.2, -0.15) is 0 Å². The lowest BCUT2D eigenvalue weighted by molar-refractivity contribution is -0.158. The Kier molecular flexibility index (Phi) is 1.90. The Bertz CT molecular complexity index is 210. The standard InChI is InChI=1S/C9H12O2/c1-4-7-9(2,3)6-5-8(10)11-7/h1,7H,5-6H2,2-3H3. The fraction of sp³-hybridized carbons (Fsp3) is 0.667. The molecule has 2 heteroatoms. The topological polar surface area (TPSA) is 26.3 Å². The van der Waals surface area contributed by atoms with Crippen molar-refractivity contribution in [3.63, 3.8) is 0 Å². The van der Waals surface area contributed by atoms with E-state index in [0.29, 0.717) is 6.42 Å². The summed E-state index contributed by atoms with van der Waals surface area (Å²) in [4.78, 5) is 10.8. The van der Waals surface area contributed by atoms with Crippen molar-refractivity contribution in [3.05, 3.63) is 0 Å². The maximum atomic E-state index is 10.8. The molecule has 11 heavy (non-hydrogen) atoms. The smallest absolute Gasteiger partial charge is 0.307 e. The van der Waals surface area contributed by atoms with Crippen LogP contribution in [0.4, 0.5) is 0 Å². The lowest BCUT2D eigenvalue weighted by Gasteiger charge is -2.34. The lowest BCUT2D eigenvalue weighted by atomic mass is 9.80. The van der Waals surface area contributed by atoms with E-state index in [9.17, 15) is 4.79 Å². The zero-order chi connectivity index (χ0) is 8.48. The zero-order valence-corrected chi connectivity index (χ0v) is 6.89. The number of terminal acetylenes is 1. The molecular weight excluding hydrogens is 140 g/mol. The highest BCUT2D eigenvalue weighted by Gasteiger charge is 2.35. The van der Waals surface area contributed by atoms with Crippen molar-refractivity contribution in [2.75, 3.05) is 0 Å². The molecule has 1 rings (SSSR count). The Morgan fingerprint density at radius 2 is 2.36 bits per heavy atom. The van der Waals surface area contributed by atoms with E-state index in [1.807, 2.05) is 13.8 Å². The van der Waals surface area contributed by atoms with E-state index in [1.165, 1.54) is 0 Å². The van der Waals surface area contributed by atoms with Crippen LogP contribution in [0.15, 0.2) is 0 Å². The Morgan fingerprint density at radius 1 is 1.73 bits per heavy atom. The first kappa shape index (κ1) is 8.13. The van der Waals surface area contributed by atoms with Crippen LogP contribution in [0.3, 0.4) is 0 Å². The minimum atomic E-state index is -0.344. The molecule has 1 saturated heterocycles. The maximum absolute atomic E-state index is 10.8. The number of rotatable bonds is 0. The van der Waals surface area contributed by atoms with Crippen molar-refractivity contribution in [1.29, 1.82) is 0 Å². The minimum absolute atomic E-state index is 0.0529. The normalized spacial score (nSPS) is 28.8. The molecule has 0 aromatic carbocycles. The van der Waals surface area contributed by atoms with Crippen LogP contribution < -0.4 is 0 Å². The third kappa shape index (κ3) is 1.54. The second kappa shape index (κ2) is 2.58. The molecule has 0 bridgehead atoms. The summed E-state index contributed by atoms with van der Waals surface area (Å²) in [6, 6.07) is 0. The molecule has 0 radical (unpaired) electrons. The average molecular weight is 152 g/mol. The molecule has 0 aliphatic carbocycles. The molecule has 0 aromatic rings. The third-order valence-electron chi connectivity index (χ3n) is 2.08. The summed E-state index contributed by atoms with van der Waals surface area (Å²) < 4.78 is 4.98. The van der Waals surface area contributed by atoms with Crippen LogP contribution in [0.25, 0.3) is 0 Å². The summed E-state index contributed by atoms with van der Waals surface area (Å²) in [5.74, 6) is 2.31. The molecule has 0 amide bonds. The Morgan fingerprint density at radius 3 is 2.82 bits per heavy atom. The van der Waals surface area contributed by atoms with Crippen LogP contribution in [0.5, 0.6) is 0 Å². The first-order chi connectivity index (χ1) is 5.06. The number of ether oxygens (including phenoxy) is 1. The number of carbonyl (C=O) groups excluding carboxylic acids is 1. The molecule has 1 aliphatic rings. The molecule has 60 valence electrons. The second-order valence-corrected chi connectivity index (χ2v) is 3.53. The molecule has 1 fully saturated rings. The van der Waals surface area contributed by atoms with Crippen molar-refractivity contribution in [2.45, 2.75) is 32.8 Å². The summed E-state index contributed by atoms with van der Waals surface area (Å²) in [7, 11) is 0. The summed E-state index contributed by atoms with van der Waals surface area (Å²) in [6.07, 6.45) is 6.18. The van der Waals surface area contributed by atoms with Gasteiger partial charge >= 0.3 is 5.97 Å². The fourth-order valence-corrected chi connectivity index (χ4v) is 1.16. The van der Waals surface area contributed by atoms with Crippen LogP contribution in [0.1, 0.15) is 26.7 Å². The molecule has 1 atom stereocenters. The Balaban J connectivity index is 2.73. The molecule has 1 unspecified atom stereocenters. The molecule has 0 N–H and O–H groups in total. The highest BCUT2D eigenvalue weighted by Crippen LogP contribution is 2.33. The van der Waals surface area contributed by atoms with Crippen molar-refractivity contribution >= 4 is 5.97 Å². The second-order valence-electron chi connectivity index (χ2n) is 3.53. The van der Waals surface area contributed by atoms with E-state index in [-0.39, 0.29) is 17.5 Å². The largest absolute Gasteiger partial charge is 0.449 e. The van der Waals surface area contributed by atoms with E-state index in [2.05, 4.69) is 5.92 Å². The molecule has 0 spiro atoms. The van der Waals surface area contributed by atoms with Crippen LogP contribution in [-0.2, 0) is 9.53 Å². The summed E-state index contributed by atoms with van der Waals surface area (Å²) in [5, 5.41) is 0. The van der Waals surface area contributed by atoms with Gasteiger partial charge in [0.2, 0.25) is 0 Å². The van der Waals surface area contributed by atoms with Gasteiger partial charge in [-0.05, 0) is 6.42 Å². The number of hydrogen-bond donors (Lipinski definition) is 0.